The highest BCUT2D eigenvalue weighted by Crippen LogP contribution is 2.44. The molecular formula is C25H22ClNO6S. The molecule has 3 aromatic rings. The van der Waals surface area contributed by atoms with E-state index in [2.05, 4.69) is 0 Å². The summed E-state index contributed by atoms with van der Waals surface area (Å²) in [5, 5.41) is 13.5. The van der Waals surface area contributed by atoms with Gasteiger partial charge in [0.1, 0.15) is 23.0 Å². The Morgan fingerprint density at radius 2 is 1.74 bits per heavy atom. The Balaban J connectivity index is 1.91. The molecule has 1 aliphatic heterocycles. The number of aliphatic hydroxyl groups excluding tert-OH is 1. The van der Waals surface area contributed by atoms with Gasteiger partial charge in [0.05, 0.1) is 50.1 Å². The summed E-state index contributed by atoms with van der Waals surface area (Å²) < 4.78 is 15.9. The molecule has 2 heterocycles. The molecule has 1 atom stereocenters. The SMILES string of the molecule is COc1ccc(C2/C(=C(\O)c3cc(Cl)c(OC)cc3OC)C(=O)C(=O)N2Cc2cccs2)cc1. The number of amides is 1. The first-order valence-electron chi connectivity index (χ1n) is 10.3. The average molecular weight is 500 g/mol. The third kappa shape index (κ3) is 4.22. The summed E-state index contributed by atoms with van der Waals surface area (Å²) >= 11 is 7.77. The lowest BCUT2D eigenvalue weighted by Gasteiger charge is -2.25. The predicted octanol–water partition coefficient (Wildman–Crippen LogP) is 5.05. The van der Waals surface area contributed by atoms with E-state index < -0.39 is 17.7 Å². The van der Waals surface area contributed by atoms with E-state index in [0.717, 1.165) is 4.88 Å². The average Bonchev–Trinajstić information content (AvgIpc) is 3.46. The molecule has 1 fully saturated rings. The first-order chi connectivity index (χ1) is 16.4. The molecule has 2 aromatic carbocycles. The number of nitrogens with zero attached hydrogens (tertiary/aromatic N) is 1. The van der Waals surface area contributed by atoms with Crippen LogP contribution in [0.1, 0.15) is 22.0 Å². The van der Waals surface area contributed by atoms with Crippen LogP contribution >= 0.6 is 22.9 Å². The van der Waals surface area contributed by atoms with Crippen molar-refractivity contribution in [3.8, 4) is 17.2 Å². The summed E-state index contributed by atoms with van der Waals surface area (Å²) in [5.41, 5.74) is 0.781. The maximum Gasteiger partial charge on any atom is 0.295 e. The zero-order chi connectivity index (χ0) is 24.4. The molecular weight excluding hydrogens is 478 g/mol. The molecule has 1 aliphatic rings. The Morgan fingerprint density at radius 3 is 2.32 bits per heavy atom. The molecule has 34 heavy (non-hydrogen) atoms. The van der Waals surface area contributed by atoms with Crippen LogP contribution in [0.5, 0.6) is 17.2 Å². The van der Waals surface area contributed by atoms with Gasteiger partial charge in [-0.15, -0.1) is 11.3 Å². The van der Waals surface area contributed by atoms with E-state index in [1.54, 1.807) is 31.4 Å². The van der Waals surface area contributed by atoms with Crippen LogP contribution in [0.25, 0.3) is 5.76 Å². The normalized spacial score (nSPS) is 17.2. The lowest BCUT2D eigenvalue weighted by atomic mass is 9.95. The minimum Gasteiger partial charge on any atom is -0.507 e. The van der Waals surface area contributed by atoms with Gasteiger partial charge in [-0.2, -0.15) is 0 Å². The lowest BCUT2D eigenvalue weighted by Crippen LogP contribution is -2.28. The fourth-order valence-electron chi connectivity index (χ4n) is 3.94. The van der Waals surface area contributed by atoms with E-state index in [9.17, 15) is 14.7 Å². The number of benzene rings is 2. The number of ketones is 1. The topological polar surface area (TPSA) is 85.3 Å². The number of likely N-dealkylation sites (tertiary alicyclic amines) is 1. The fraction of sp³-hybridized carbons (Fsp3) is 0.200. The van der Waals surface area contributed by atoms with Crippen LogP contribution in [-0.4, -0.2) is 43.0 Å². The van der Waals surface area contributed by atoms with Crippen molar-refractivity contribution >= 4 is 40.4 Å². The summed E-state index contributed by atoms with van der Waals surface area (Å²) in [7, 11) is 4.44. The maximum absolute atomic E-state index is 13.2. The molecule has 4 rings (SSSR count). The number of methoxy groups -OCH3 is 3. The molecule has 1 amide bonds. The van der Waals surface area contributed by atoms with Crippen LogP contribution in [0.2, 0.25) is 5.02 Å². The van der Waals surface area contributed by atoms with Crippen molar-refractivity contribution in [2.24, 2.45) is 0 Å². The highest BCUT2D eigenvalue weighted by atomic mass is 35.5. The van der Waals surface area contributed by atoms with Crippen LogP contribution in [0.3, 0.4) is 0 Å². The molecule has 9 heteroatoms. The van der Waals surface area contributed by atoms with Gasteiger partial charge >= 0.3 is 0 Å². The van der Waals surface area contributed by atoms with Gasteiger partial charge in [-0.3, -0.25) is 9.59 Å². The molecule has 0 saturated carbocycles. The third-order valence-corrected chi connectivity index (χ3v) is 6.76. The van der Waals surface area contributed by atoms with Crippen molar-refractivity contribution in [1.29, 1.82) is 0 Å². The van der Waals surface area contributed by atoms with Crippen LogP contribution in [-0.2, 0) is 16.1 Å². The van der Waals surface area contributed by atoms with Gasteiger partial charge in [0, 0.05) is 10.9 Å². The Kier molecular flexibility index (Phi) is 6.81. The first-order valence-corrected chi connectivity index (χ1v) is 11.5. The Bertz CT molecular complexity index is 1250. The summed E-state index contributed by atoms with van der Waals surface area (Å²) in [6.45, 7) is 0.218. The molecule has 0 bridgehead atoms. The number of halogens is 1. The van der Waals surface area contributed by atoms with Crippen molar-refractivity contribution in [1.82, 2.24) is 4.90 Å². The van der Waals surface area contributed by atoms with Gasteiger partial charge in [0.15, 0.2) is 0 Å². The van der Waals surface area contributed by atoms with Crippen molar-refractivity contribution in [3.05, 3.63) is 80.5 Å². The standard InChI is InChI=1S/C25H22ClNO6S/c1-31-15-8-6-14(7-9-15)22-21(24(29)25(30)27(22)13-16-5-4-10-34-16)23(28)17-11-18(26)20(33-3)12-19(17)32-2/h4-12,22,28H,13H2,1-3H3/b23-21+. The molecule has 0 aliphatic carbocycles. The number of thiophene rings is 1. The van der Waals surface area contributed by atoms with Crippen molar-refractivity contribution in [2.45, 2.75) is 12.6 Å². The number of aliphatic hydroxyl groups is 1. The minimum atomic E-state index is -0.821. The number of Topliss-reactive ketones (excluding diaryl/α,β-unsaturated/α-hetero) is 1. The van der Waals surface area contributed by atoms with Gasteiger partial charge in [-0.05, 0) is 35.2 Å². The highest BCUT2D eigenvalue weighted by Gasteiger charge is 2.46. The largest absolute Gasteiger partial charge is 0.507 e. The van der Waals surface area contributed by atoms with Crippen LogP contribution in [0.4, 0.5) is 0 Å². The molecule has 0 spiro atoms. The summed E-state index contributed by atoms with van der Waals surface area (Å²) in [6, 6.07) is 12.9. The van der Waals surface area contributed by atoms with E-state index in [1.165, 1.54) is 42.6 Å². The summed E-state index contributed by atoms with van der Waals surface area (Å²) in [6.07, 6.45) is 0. The number of hydrogen-bond donors (Lipinski definition) is 1. The highest BCUT2D eigenvalue weighted by molar-refractivity contribution is 7.09. The summed E-state index contributed by atoms with van der Waals surface area (Å²) in [4.78, 5) is 28.8. The minimum absolute atomic E-state index is 0.0498. The van der Waals surface area contributed by atoms with Crippen LogP contribution in [0.15, 0.2) is 59.5 Å². The molecule has 7 nitrogen and oxygen atoms in total. The lowest BCUT2D eigenvalue weighted by molar-refractivity contribution is -0.140. The molecule has 1 unspecified atom stereocenters. The summed E-state index contributed by atoms with van der Waals surface area (Å²) in [5.74, 6) is -0.647. The smallest absolute Gasteiger partial charge is 0.295 e. The van der Waals surface area contributed by atoms with Gasteiger partial charge in [-0.25, -0.2) is 0 Å². The van der Waals surface area contributed by atoms with Crippen LogP contribution in [0, 0.1) is 0 Å². The van der Waals surface area contributed by atoms with E-state index in [4.69, 9.17) is 25.8 Å². The monoisotopic (exact) mass is 499 g/mol. The number of rotatable bonds is 7. The predicted molar refractivity (Wildman–Crippen MR) is 130 cm³/mol. The second-order valence-corrected chi connectivity index (χ2v) is 8.91. The second kappa shape index (κ2) is 9.79. The zero-order valence-electron chi connectivity index (χ0n) is 18.7. The molecule has 176 valence electrons. The number of carbonyl (C=O) groups is 2. The molecule has 0 radical (unpaired) electrons. The van der Waals surface area contributed by atoms with Crippen LogP contribution < -0.4 is 14.2 Å². The van der Waals surface area contributed by atoms with Crippen molar-refractivity contribution < 1.29 is 28.9 Å². The number of carbonyl (C=O) groups excluding carboxylic acids is 2. The molecule has 1 aromatic heterocycles. The van der Waals surface area contributed by atoms with Gasteiger partial charge < -0.3 is 24.2 Å². The first kappa shape index (κ1) is 23.7. The number of hydrogen-bond acceptors (Lipinski definition) is 7. The van der Waals surface area contributed by atoms with Gasteiger partial charge in [0.25, 0.3) is 11.7 Å². The molecule has 1 saturated heterocycles. The van der Waals surface area contributed by atoms with Gasteiger partial charge in [0.2, 0.25) is 0 Å². The van der Waals surface area contributed by atoms with E-state index >= 15 is 0 Å². The maximum atomic E-state index is 13.2. The van der Waals surface area contributed by atoms with Crippen molar-refractivity contribution in [3.63, 3.8) is 0 Å². The van der Waals surface area contributed by atoms with E-state index in [-0.39, 0.29) is 34.2 Å². The Labute approximate surface area is 205 Å². The zero-order valence-corrected chi connectivity index (χ0v) is 20.3. The van der Waals surface area contributed by atoms with Crippen molar-refractivity contribution in [2.75, 3.05) is 21.3 Å². The Morgan fingerprint density at radius 1 is 1.03 bits per heavy atom. The number of ether oxygens (including phenoxy) is 3. The quantitative estimate of drug-likeness (QED) is 0.278. The molecule has 1 N–H and O–H groups in total. The third-order valence-electron chi connectivity index (χ3n) is 5.61. The fourth-order valence-corrected chi connectivity index (χ4v) is 4.88. The second-order valence-electron chi connectivity index (χ2n) is 7.47. The van der Waals surface area contributed by atoms with E-state index in [1.807, 2.05) is 17.5 Å². The Hall–Kier alpha value is -3.49. The van der Waals surface area contributed by atoms with E-state index in [0.29, 0.717) is 17.1 Å². The van der Waals surface area contributed by atoms with Gasteiger partial charge in [-0.1, -0.05) is 29.8 Å².